The van der Waals surface area contributed by atoms with Gasteiger partial charge in [-0.05, 0) is 30.9 Å². The van der Waals surface area contributed by atoms with Gasteiger partial charge in [0, 0.05) is 23.7 Å². The van der Waals surface area contributed by atoms with Crippen molar-refractivity contribution in [3.8, 4) is 0 Å². The Labute approximate surface area is 125 Å². The molecule has 7 heteroatoms. The fraction of sp³-hybridized carbons (Fsp3) is 0.467. The molecule has 2 bridgehead atoms. The van der Waals surface area contributed by atoms with E-state index < -0.39 is 4.92 Å². The largest absolute Gasteiger partial charge is 0.462 e. The molecule has 1 heterocycles. The third-order valence-electron chi connectivity index (χ3n) is 5.13. The first kappa shape index (κ1) is 13.2. The van der Waals surface area contributed by atoms with Crippen molar-refractivity contribution in [2.45, 2.75) is 18.9 Å². The van der Waals surface area contributed by atoms with Crippen molar-refractivity contribution in [2.24, 2.45) is 23.7 Å². The van der Waals surface area contributed by atoms with Gasteiger partial charge in [0.2, 0.25) is 5.91 Å². The molecule has 1 saturated heterocycles. The lowest BCUT2D eigenvalue weighted by Gasteiger charge is -2.23. The van der Waals surface area contributed by atoms with E-state index in [-0.39, 0.29) is 47.3 Å². The number of anilines is 1. The van der Waals surface area contributed by atoms with Crippen molar-refractivity contribution in [3.05, 3.63) is 34.4 Å². The van der Waals surface area contributed by atoms with E-state index in [2.05, 4.69) is 5.32 Å². The molecule has 1 N–H and O–H groups in total. The average molecular weight is 302 g/mol. The maximum atomic E-state index is 12.5. The normalized spacial score (nSPS) is 34.5. The molecular weight excluding hydrogens is 288 g/mol. The number of benzene rings is 1. The van der Waals surface area contributed by atoms with E-state index >= 15 is 0 Å². The summed E-state index contributed by atoms with van der Waals surface area (Å²) in [7, 11) is 0. The van der Waals surface area contributed by atoms with Crippen molar-refractivity contribution in [1.29, 1.82) is 0 Å². The van der Waals surface area contributed by atoms with Crippen LogP contribution in [-0.4, -0.2) is 22.9 Å². The van der Waals surface area contributed by atoms with Crippen LogP contribution in [0.1, 0.15) is 12.8 Å². The Balaban J connectivity index is 1.51. The summed E-state index contributed by atoms with van der Waals surface area (Å²) in [5.74, 6) is -0.717. The number of nitro groups is 1. The third kappa shape index (κ3) is 1.81. The van der Waals surface area contributed by atoms with Gasteiger partial charge in [0.25, 0.3) is 5.69 Å². The number of esters is 1. The molecule has 4 rings (SSSR count). The number of hydrogen-bond donors (Lipinski definition) is 1. The van der Waals surface area contributed by atoms with E-state index in [9.17, 15) is 19.7 Å². The monoisotopic (exact) mass is 302 g/mol. The third-order valence-corrected chi connectivity index (χ3v) is 5.13. The second-order valence-electron chi connectivity index (χ2n) is 6.22. The molecule has 2 saturated carbocycles. The Kier molecular flexibility index (Phi) is 2.72. The lowest BCUT2D eigenvalue weighted by molar-refractivity contribution is -0.384. The molecule has 1 amide bonds. The maximum absolute atomic E-state index is 12.5. The zero-order valence-electron chi connectivity index (χ0n) is 11.6. The van der Waals surface area contributed by atoms with E-state index in [0.29, 0.717) is 5.69 Å². The minimum Gasteiger partial charge on any atom is -0.462 e. The summed E-state index contributed by atoms with van der Waals surface area (Å²) >= 11 is 0. The predicted octanol–water partition coefficient (Wildman–Crippen LogP) is 1.73. The van der Waals surface area contributed by atoms with Crippen molar-refractivity contribution in [2.75, 3.05) is 5.32 Å². The summed E-state index contributed by atoms with van der Waals surface area (Å²) in [6.07, 6.45) is 1.65. The van der Waals surface area contributed by atoms with Crippen LogP contribution in [-0.2, 0) is 14.3 Å². The SMILES string of the molecule is O=C(Nc1ccc([N+](=O)[O-])cc1)[C@H]1[C@@H]2C[C@@H]3[C@@H]1C(=O)O[C@@H]3C2. The van der Waals surface area contributed by atoms with E-state index in [4.69, 9.17) is 4.74 Å². The number of nitrogens with one attached hydrogen (secondary N) is 1. The van der Waals surface area contributed by atoms with Crippen LogP contribution in [0.15, 0.2) is 24.3 Å². The average Bonchev–Trinajstić information content (AvgIpc) is 3.09. The Morgan fingerprint density at radius 3 is 2.68 bits per heavy atom. The number of nitro benzene ring substituents is 1. The number of ether oxygens (including phenoxy) is 1. The topological polar surface area (TPSA) is 98.5 Å². The minimum atomic E-state index is -0.490. The van der Waals surface area contributed by atoms with E-state index in [1.165, 1.54) is 24.3 Å². The Hall–Kier alpha value is -2.44. The van der Waals surface area contributed by atoms with Crippen LogP contribution < -0.4 is 5.32 Å². The summed E-state index contributed by atoms with van der Waals surface area (Å²) in [6, 6.07) is 5.69. The fourth-order valence-corrected chi connectivity index (χ4v) is 4.26. The summed E-state index contributed by atoms with van der Waals surface area (Å²) in [4.78, 5) is 34.5. The van der Waals surface area contributed by atoms with Crippen LogP contribution in [0.25, 0.3) is 0 Å². The number of carbonyl (C=O) groups excluding carboxylic acids is 2. The predicted molar refractivity (Wildman–Crippen MR) is 74.8 cm³/mol. The van der Waals surface area contributed by atoms with Crippen LogP contribution in [0.5, 0.6) is 0 Å². The Bertz CT molecular complexity index is 669. The zero-order valence-corrected chi connectivity index (χ0v) is 11.6. The van der Waals surface area contributed by atoms with Crippen LogP contribution >= 0.6 is 0 Å². The maximum Gasteiger partial charge on any atom is 0.310 e. The molecule has 0 spiro atoms. The smallest absolute Gasteiger partial charge is 0.310 e. The number of rotatable bonds is 3. The van der Waals surface area contributed by atoms with Crippen LogP contribution in [0.4, 0.5) is 11.4 Å². The number of non-ortho nitro benzene ring substituents is 1. The second-order valence-corrected chi connectivity index (χ2v) is 6.22. The van der Waals surface area contributed by atoms with E-state index in [0.717, 1.165) is 12.8 Å². The molecule has 22 heavy (non-hydrogen) atoms. The first-order valence-electron chi connectivity index (χ1n) is 7.30. The van der Waals surface area contributed by atoms with Gasteiger partial charge in [-0.25, -0.2) is 0 Å². The number of fused-ring (bicyclic) bond motifs is 1. The van der Waals surface area contributed by atoms with Crippen molar-refractivity contribution < 1.29 is 19.2 Å². The molecule has 1 aliphatic heterocycles. The molecule has 7 nitrogen and oxygen atoms in total. The van der Waals surface area contributed by atoms with E-state index in [1.807, 2.05) is 0 Å². The highest BCUT2D eigenvalue weighted by atomic mass is 16.6. The molecule has 3 fully saturated rings. The van der Waals surface area contributed by atoms with Gasteiger partial charge in [-0.2, -0.15) is 0 Å². The summed E-state index contributed by atoms with van der Waals surface area (Å²) in [6.45, 7) is 0. The highest BCUT2D eigenvalue weighted by molar-refractivity contribution is 5.97. The summed E-state index contributed by atoms with van der Waals surface area (Å²) < 4.78 is 5.32. The van der Waals surface area contributed by atoms with Gasteiger partial charge in [-0.1, -0.05) is 0 Å². The van der Waals surface area contributed by atoms with Crippen LogP contribution in [0, 0.1) is 33.8 Å². The van der Waals surface area contributed by atoms with Crippen molar-refractivity contribution in [3.63, 3.8) is 0 Å². The van der Waals surface area contributed by atoms with Crippen LogP contribution in [0.2, 0.25) is 0 Å². The minimum absolute atomic E-state index is 0.00549. The lowest BCUT2D eigenvalue weighted by atomic mass is 9.79. The molecule has 5 atom stereocenters. The molecular formula is C15H14N2O5. The van der Waals surface area contributed by atoms with E-state index in [1.54, 1.807) is 0 Å². The summed E-state index contributed by atoms with van der Waals surface area (Å²) in [5, 5.41) is 13.4. The van der Waals surface area contributed by atoms with Gasteiger partial charge < -0.3 is 10.1 Å². The molecule has 114 valence electrons. The van der Waals surface area contributed by atoms with Gasteiger partial charge in [-0.15, -0.1) is 0 Å². The van der Waals surface area contributed by atoms with Crippen molar-refractivity contribution in [1.82, 2.24) is 0 Å². The zero-order chi connectivity index (χ0) is 15.4. The van der Waals surface area contributed by atoms with Crippen molar-refractivity contribution >= 4 is 23.3 Å². The molecule has 3 aliphatic rings. The fourth-order valence-electron chi connectivity index (χ4n) is 4.26. The van der Waals surface area contributed by atoms with Gasteiger partial charge in [0.15, 0.2) is 0 Å². The van der Waals surface area contributed by atoms with Crippen LogP contribution in [0.3, 0.4) is 0 Å². The lowest BCUT2D eigenvalue weighted by Crippen LogP contribution is -2.35. The Morgan fingerprint density at radius 1 is 1.27 bits per heavy atom. The highest BCUT2D eigenvalue weighted by Gasteiger charge is 2.63. The number of carbonyl (C=O) groups is 2. The number of amides is 1. The first-order valence-corrected chi connectivity index (χ1v) is 7.30. The molecule has 0 unspecified atom stereocenters. The van der Waals surface area contributed by atoms with Gasteiger partial charge in [0.1, 0.15) is 6.10 Å². The van der Waals surface area contributed by atoms with Gasteiger partial charge >= 0.3 is 5.97 Å². The van der Waals surface area contributed by atoms with Gasteiger partial charge in [0.05, 0.1) is 16.8 Å². The molecule has 0 radical (unpaired) electrons. The Morgan fingerprint density at radius 2 is 2.00 bits per heavy atom. The quantitative estimate of drug-likeness (QED) is 0.521. The molecule has 1 aromatic carbocycles. The second kappa shape index (κ2) is 4.53. The van der Waals surface area contributed by atoms with Gasteiger partial charge in [-0.3, -0.25) is 19.7 Å². The first-order chi connectivity index (χ1) is 10.5. The summed E-state index contributed by atoms with van der Waals surface area (Å²) in [5.41, 5.74) is 0.474. The standard InChI is InChI=1S/C15H14N2O5/c18-14(16-8-1-3-9(4-2-8)17(20)21)12-7-5-10-11(6-7)22-15(19)13(10)12/h1-4,7,10-13H,5-6H2,(H,16,18)/t7-,10+,11-,12+,13+/m1/s1. The molecule has 1 aromatic rings. The molecule has 2 aliphatic carbocycles. The molecule has 0 aromatic heterocycles. The number of hydrogen-bond acceptors (Lipinski definition) is 5. The highest BCUT2D eigenvalue weighted by Crippen LogP contribution is 2.57. The number of nitrogens with zero attached hydrogens (tertiary/aromatic N) is 1.